The van der Waals surface area contributed by atoms with Crippen molar-refractivity contribution in [2.45, 2.75) is 46.6 Å². The molecule has 2 heterocycles. The van der Waals surface area contributed by atoms with Gasteiger partial charge in [-0.2, -0.15) is 14.0 Å². The van der Waals surface area contributed by atoms with Crippen LogP contribution in [-0.2, 0) is 12.5 Å². The molecule has 2 aromatic heterocycles. The largest absolute Gasteiger partial charge is 0.449 e. The Morgan fingerprint density at radius 3 is 2.44 bits per heavy atom. The fourth-order valence-electron chi connectivity index (χ4n) is 3.40. The van der Waals surface area contributed by atoms with Crippen molar-refractivity contribution in [3.05, 3.63) is 84.4 Å². The summed E-state index contributed by atoms with van der Waals surface area (Å²) in [5, 5.41) is 9.25. The van der Waals surface area contributed by atoms with Gasteiger partial charge in [-0.05, 0) is 44.5 Å². The van der Waals surface area contributed by atoms with Gasteiger partial charge in [0.05, 0.1) is 24.5 Å². The Balaban J connectivity index is 2.20. The lowest BCUT2D eigenvalue weighted by Gasteiger charge is -2.18. The first kappa shape index (κ1) is 24.7. The summed E-state index contributed by atoms with van der Waals surface area (Å²) >= 11 is 0. The van der Waals surface area contributed by atoms with Crippen LogP contribution in [0.4, 0.5) is 17.6 Å². The number of hydrogen-bond donors (Lipinski definition) is 1. The van der Waals surface area contributed by atoms with Crippen molar-refractivity contribution in [1.29, 1.82) is 5.26 Å². The van der Waals surface area contributed by atoms with Crippen molar-refractivity contribution in [3.8, 4) is 17.6 Å². The van der Waals surface area contributed by atoms with Crippen LogP contribution in [0.1, 0.15) is 52.6 Å². The van der Waals surface area contributed by atoms with Gasteiger partial charge in [-0.1, -0.05) is 0 Å². The minimum absolute atomic E-state index is 0.0814. The van der Waals surface area contributed by atoms with Crippen LogP contribution in [0.5, 0.6) is 11.5 Å². The van der Waals surface area contributed by atoms with E-state index >= 15 is 0 Å². The molecule has 0 spiro atoms. The highest BCUT2D eigenvalue weighted by molar-refractivity contribution is 5.51. The SMILES string of the molecule is Cc1cc(C)c(Cn2cnc(C(C)(F)F)c(Oc3cc(C(F)F)cc(C#N)c3C)c2=O)c(=O)[nH]1. The second kappa shape index (κ2) is 9.13. The average molecular weight is 476 g/mol. The normalized spacial score (nSPS) is 11.5. The summed E-state index contributed by atoms with van der Waals surface area (Å²) in [5.41, 5.74) is -1.80. The number of nitriles is 1. The number of rotatable bonds is 6. The molecular weight excluding hydrogens is 456 g/mol. The first-order valence-electron chi connectivity index (χ1n) is 10.0. The molecule has 0 aliphatic heterocycles. The number of hydrogen-bond acceptors (Lipinski definition) is 5. The summed E-state index contributed by atoms with van der Waals surface area (Å²) in [4.78, 5) is 31.8. The lowest BCUT2D eigenvalue weighted by Crippen LogP contribution is -2.29. The van der Waals surface area contributed by atoms with Crippen molar-refractivity contribution in [2.75, 3.05) is 0 Å². The van der Waals surface area contributed by atoms with Gasteiger partial charge in [-0.3, -0.25) is 14.2 Å². The zero-order chi connectivity index (χ0) is 25.4. The number of benzene rings is 1. The van der Waals surface area contributed by atoms with Crippen LogP contribution in [0.15, 0.2) is 34.1 Å². The fraction of sp³-hybridized carbons (Fsp3) is 0.304. The third-order valence-corrected chi connectivity index (χ3v) is 5.20. The van der Waals surface area contributed by atoms with E-state index in [0.29, 0.717) is 18.2 Å². The van der Waals surface area contributed by atoms with Crippen LogP contribution in [-0.4, -0.2) is 14.5 Å². The summed E-state index contributed by atoms with van der Waals surface area (Å²) in [7, 11) is 0. The maximum Gasteiger partial charge on any atom is 0.297 e. The number of ether oxygens (including phenoxy) is 1. The Morgan fingerprint density at radius 2 is 1.88 bits per heavy atom. The molecule has 11 heteroatoms. The molecule has 0 saturated carbocycles. The first-order valence-corrected chi connectivity index (χ1v) is 10.0. The van der Waals surface area contributed by atoms with Crippen molar-refractivity contribution in [1.82, 2.24) is 14.5 Å². The van der Waals surface area contributed by atoms with Gasteiger partial charge in [-0.25, -0.2) is 13.8 Å². The van der Waals surface area contributed by atoms with Crippen molar-refractivity contribution >= 4 is 0 Å². The third kappa shape index (κ3) is 4.85. The lowest BCUT2D eigenvalue weighted by atomic mass is 10.0. The number of halogens is 4. The van der Waals surface area contributed by atoms with Crippen molar-refractivity contribution < 1.29 is 22.3 Å². The van der Waals surface area contributed by atoms with E-state index in [1.54, 1.807) is 26.0 Å². The van der Waals surface area contributed by atoms with Crippen LogP contribution in [0.2, 0.25) is 0 Å². The Labute approximate surface area is 191 Å². The molecule has 0 radical (unpaired) electrons. The number of nitrogens with zero attached hydrogens (tertiary/aromatic N) is 3. The van der Waals surface area contributed by atoms with Crippen LogP contribution in [0.25, 0.3) is 0 Å². The minimum Gasteiger partial charge on any atom is -0.449 e. The smallest absolute Gasteiger partial charge is 0.297 e. The number of aryl methyl sites for hydroxylation is 2. The molecule has 1 aromatic carbocycles. The number of aromatic amines is 1. The molecule has 0 bridgehead atoms. The lowest BCUT2D eigenvalue weighted by molar-refractivity contribution is 0.0101. The minimum atomic E-state index is -3.61. The van der Waals surface area contributed by atoms with E-state index in [4.69, 9.17) is 4.74 Å². The maximum atomic E-state index is 14.3. The van der Waals surface area contributed by atoms with Crippen LogP contribution >= 0.6 is 0 Å². The second-order valence-corrected chi connectivity index (χ2v) is 7.89. The van der Waals surface area contributed by atoms with Crippen LogP contribution in [0.3, 0.4) is 0 Å². The monoisotopic (exact) mass is 476 g/mol. The maximum absolute atomic E-state index is 14.3. The van der Waals surface area contributed by atoms with Gasteiger partial charge in [0.1, 0.15) is 5.75 Å². The summed E-state index contributed by atoms with van der Waals surface area (Å²) in [5.74, 6) is -4.87. The zero-order valence-corrected chi connectivity index (χ0v) is 18.7. The molecule has 3 aromatic rings. The van der Waals surface area contributed by atoms with Gasteiger partial charge in [0.15, 0.2) is 5.69 Å². The van der Waals surface area contributed by atoms with Crippen molar-refractivity contribution in [3.63, 3.8) is 0 Å². The van der Waals surface area contributed by atoms with Crippen molar-refractivity contribution in [2.24, 2.45) is 0 Å². The van der Waals surface area contributed by atoms with E-state index in [-0.39, 0.29) is 29.0 Å². The molecule has 0 atom stereocenters. The highest BCUT2D eigenvalue weighted by Gasteiger charge is 2.34. The molecule has 0 saturated heterocycles. The molecular formula is C23H20F4N4O3. The second-order valence-electron chi connectivity index (χ2n) is 7.89. The summed E-state index contributed by atoms with van der Waals surface area (Å²) < 4.78 is 61.5. The molecule has 0 aliphatic rings. The van der Waals surface area contributed by atoms with Gasteiger partial charge in [0.25, 0.3) is 23.5 Å². The molecule has 7 nitrogen and oxygen atoms in total. The number of nitrogens with one attached hydrogen (secondary N) is 1. The molecule has 0 unspecified atom stereocenters. The van der Waals surface area contributed by atoms with E-state index < -0.39 is 40.5 Å². The topological polar surface area (TPSA) is 101 Å². The van der Waals surface area contributed by atoms with E-state index in [2.05, 4.69) is 9.97 Å². The molecule has 3 rings (SSSR count). The summed E-state index contributed by atoms with van der Waals surface area (Å²) in [6, 6.07) is 5.26. The standard InChI is InChI=1S/C23H20F4N4O3/c1-11-5-12(2)30-21(32)16(11)9-31-10-29-19(23(4,26)27)18(22(31)33)34-17-7-14(20(24)25)6-15(8-28)13(17)3/h5-7,10,20H,9H2,1-4H3,(H,30,32). The Hall–Kier alpha value is -3.94. The Bertz CT molecular complexity index is 1420. The fourth-order valence-corrected chi connectivity index (χ4v) is 3.40. The Kier molecular flexibility index (Phi) is 6.63. The predicted molar refractivity (Wildman–Crippen MR) is 115 cm³/mol. The van der Waals surface area contributed by atoms with E-state index in [0.717, 1.165) is 23.0 Å². The van der Waals surface area contributed by atoms with E-state index in [1.165, 1.54) is 6.92 Å². The highest BCUT2D eigenvalue weighted by Crippen LogP contribution is 2.36. The average Bonchev–Trinajstić information content (AvgIpc) is 2.73. The first-order chi connectivity index (χ1) is 15.8. The number of pyridine rings is 1. The molecule has 0 fully saturated rings. The Morgan fingerprint density at radius 1 is 1.21 bits per heavy atom. The molecule has 34 heavy (non-hydrogen) atoms. The summed E-state index contributed by atoms with van der Waals surface area (Å²) in [6.07, 6.45) is -2.10. The number of alkyl halides is 4. The number of H-pyrrole nitrogens is 1. The number of aromatic nitrogens is 3. The third-order valence-electron chi connectivity index (χ3n) is 5.20. The van der Waals surface area contributed by atoms with Gasteiger partial charge in [0, 0.05) is 29.3 Å². The molecule has 0 amide bonds. The quantitative estimate of drug-likeness (QED) is 0.524. The van der Waals surface area contributed by atoms with Gasteiger partial charge >= 0.3 is 0 Å². The zero-order valence-electron chi connectivity index (χ0n) is 18.7. The van der Waals surface area contributed by atoms with Gasteiger partial charge in [0.2, 0.25) is 5.75 Å². The van der Waals surface area contributed by atoms with E-state index in [9.17, 15) is 32.4 Å². The van der Waals surface area contributed by atoms with Gasteiger partial charge < -0.3 is 9.72 Å². The summed E-state index contributed by atoms with van der Waals surface area (Å²) in [6.45, 7) is 4.92. The van der Waals surface area contributed by atoms with Crippen LogP contribution < -0.4 is 15.9 Å². The van der Waals surface area contributed by atoms with Crippen LogP contribution in [0, 0.1) is 32.1 Å². The predicted octanol–water partition coefficient (Wildman–Crippen LogP) is 4.62. The highest BCUT2D eigenvalue weighted by atomic mass is 19.3. The molecule has 0 aliphatic carbocycles. The van der Waals surface area contributed by atoms with Gasteiger partial charge in [-0.15, -0.1) is 0 Å². The van der Waals surface area contributed by atoms with E-state index in [1.807, 2.05) is 0 Å². The molecule has 178 valence electrons. The molecule has 1 N–H and O–H groups in total.